The van der Waals surface area contributed by atoms with Crippen LogP contribution >= 0.6 is 11.6 Å². The highest BCUT2D eigenvalue weighted by molar-refractivity contribution is 6.36. The van der Waals surface area contributed by atoms with Gasteiger partial charge in [0.15, 0.2) is 5.58 Å². The lowest BCUT2D eigenvalue weighted by Crippen LogP contribution is -2.06. The quantitative estimate of drug-likeness (QED) is 0.716. The zero-order chi connectivity index (χ0) is 11.3. The van der Waals surface area contributed by atoms with Crippen LogP contribution in [-0.2, 0) is 12.8 Å². The van der Waals surface area contributed by atoms with Crippen molar-refractivity contribution >= 4 is 22.6 Å². The van der Waals surface area contributed by atoms with Crippen LogP contribution in [0.4, 0.5) is 0 Å². The summed E-state index contributed by atoms with van der Waals surface area (Å²) in [5, 5.41) is 10.4. The molecule has 1 aliphatic carbocycles. The van der Waals surface area contributed by atoms with Crippen molar-refractivity contribution < 1.29 is 9.52 Å². The van der Waals surface area contributed by atoms with E-state index >= 15 is 0 Å². The maximum Gasteiger partial charge on any atom is 0.339 e. The van der Waals surface area contributed by atoms with Crippen molar-refractivity contribution in [2.75, 3.05) is 0 Å². The van der Waals surface area contributed by atoms with Crippen molar-refractivity contribution in [2.45, 2.75) is 19.3 Å². The number of phenols is 1. The Bertz CT molecular complexity index is 643. The van der Waals surface area contributed by atoms with Crippen molar-refractivity contribution in [1.82, 2.24) is 0 Å². The van der Waals surface area contributed by atoms with E-state index in [1.807, 2.05) is 0 Å². The molecule has 3 rings (SSSR count). The number of fused-ring (bicyclic) bond motifs is 3. The number of benzene rings is 1. The molecule has 0 spiro atoms. The third-order valence-electron chi connectivity index (χ3n) is 3.06. The third kappa shape index (κ3) is 1.18. The zero-order valence-corrected chi connectivity index (χ0v) is 9.17. The summed E-state index contributed by atoms with van der Waals surface area (Å²) in [4.78, 5) is 11.7. The Morgan fingerprint density at radius 3 is 2.81 bits per heavy atom. The average Bonchev–Trinajstić information content (AvgIpc) is 2.74. The summed E-state index contributed by atoms with van der Waals surface area (Å²) in [5.41, 5.74) is 1.75. The van der Waals surface area contributed by atoms with Gasteiger partial charge >= 0.3 is 5.63 Å². The van der Waals surface area contributed by atoms with Gasteiger partial charge in [-0.1, -0.05) is 11.6 Å². The lowest BCUT2D eigenvalue weighted by atomic mass is 10.1. The SMILES string of the molecule is O=c1oc2c(Cl)c(O)ccc2c2c1CCC2. The largest absolute Gasteiger partial charge is 0.506 e. The monoisotopic (exact) mass is 236 g/mol. The van der Waals surface area contributed by atoms with Crippen molar-refractivity contribution in [1.29, 1.82) is 0 Å². The van der Waals surface area contributed by atoms with Gasteiger partial charge in [-0.15, -0.1) is 0 Å². The van der Waals surface area contributed by atoms with Crippen molar-refractivity contribution in [3.05, 3.63) is 38.7 Å². The van der Waals surface area contributed by atoms with Gasteiger partial charge in [0.05, 0.1) is 0 Å². The Labute approximate surface area is 96.3 Å². The summed E-state index contributed by atoms with van der Waals surface area (Å²) in [6.07, 6.45) is 2.61. The minimum atomic E-state index is -0.326. The van der Waals surface area contributed by atoms with Crippen LogP contribution in [0.15, 0.2) is 21.3 Å². The summed E-state index contributed by atoms with van der Waals surface area (Å²) in [5.74, 6) is -0.0599. The fourth-order valence-corrected chi connectivity index (χ4v) is 2.51. The van der Waals surface area contributed by atoms with Crippen LogP contribution < -0.4 is 5.63 Å². The Morgan fingerprint density at radius 1 is 1.25 bits per heavy atom. The van der Waals surface area contributed by atoms with E-state index < -0.39 is 0 Å². The van der Waals surface area contributed by atoms with E-state index in [0.717, 1.165) is 35.8 Å². The molecule has 82 valence electrons. The number of rotatable bonds is 0. The summed E-state index contributed by atoms with van der Waals surface area (Å²) in [6.45, 7) is 0. The highest BCUT2D eigenvalue weighted by atomic mass is 35.5. The molecule has 0 bridgehead atoms. The summed E-state index contributed by atoms with van der Waals surface area (Å²) in [6, 6.07) is 3.28. The van der Waals surface area contributed by atoms with Gasteiger partial charge < -0.3 is 9.52 Å². The van der Waals surface area contributed by atoms with Crippen LogP contribution in [0, 0.1) is 0 Å². The van der Waals surface area contributed by atoms with Crippen molar-refractivity contribution in [3.8, 4) is 5.75 Å². The number of phenolic OH excluding ortho intramolecular Hbond substituents is 1. The lowest BCUT2D eigenvalue weighted by molar-refractivity contribution is 0.473. The van der Waals surface area contributed by atoms with Crippen LogP contribution in [0.5, 0.6) is 5.75 Å². The number of hydrogen-bond acceptors (Lipinski definition) is 3. The molecule has 1 aliphatic rings. The molecule has 0 amide bonds. The Kier molecular flexibility index (Phi) is 1.98. The molecule has 3 nitrogen and oxygen atoms in total. The number of hydrogen-bond donors (Lipinski definition) is 1. The molecule has 16 heavy (non-hydrogen) atoms. The fourth-order valence-electron chi connectivity index (χ4n) is 2.30. The lowest BCUT2D eigenvalue weighted by Gasteiger charge is -2.05. The topological polar surface area (TPSA) is 50.4 Å². The van der Waals surface area contributed by atoms with E-state index in [-0.39, 0.29) is 16.4 Å². The molecule has 0 aliphatic heterocycles. The number of halogens is 1. The number of aryl methyl sites for hydroxylation is 1. The molecule has 0 saturated carbocycles. The molecule has 0 unspecified atom stereocenters. The minimum Gasteiger partial charge on any atom is -0.506 e. The second-order valence-corrected chi connectivity index (χ2v) is 4.35. The molecule has 0 fully saturated rings. The maximum atomic E-state index is 11.7. The smallest absolute Gasteiger partial charge is 0.339 e. The molecule has 0 saturated heterocycles. The van der Waals surface area contributed by atoms with Gasteiger partial charge in [0.1, 0.15) is 10.8 Å². The van der Waals surface area contributed by atoms with Crippen LogP contribution in [-0.4, -0.2) is 5.11 Å². The molecule has 1 aromatic carbocycles. The van der Waals surface area contributed by atoms with Gasteiger partial charge in [-0.2, -0.15) is 0 Å². The standard InChI is InChI=1S/C12H9ClO3/c13-10-9(14)5-4-7-6-2-1-3-8(6)12(15)16-11(7)10/h4-5,14H,1-3H2. The first-order chi connectivity index (χ1) is 7.68. The Morgan fingerprint density at radius 2 is 2.00 bits per heavy atom. The predicted octanol–water partition coefficient (Wildman–Crippen LogP) is 2.64. The van der Waals surface area contributed by atoms with Crippen LogP contribution in [0.25, 0.3) is 11.0 Å². The van der Waals surface area contributed by atoms with Crippen LogP contribution in [0.3, 0.4) is 0 Å². The molecule has 4 heteroatoms. The first kappa shape index (κ1) is 9.73. The zero-order valence-electron chi connectivity index (χ0n) is 8.42. The Balaban J connectivity index is 2.52. The van der Waals surface area contributed by atoms with E-state index in [1.54, 1.807) is 6.07 Å². The second-order valence-electron chi connectivity index (χ2n) is 3.98. The maximum absolute atomic E-state index is 11.7. The van der Waals surface area contributed by atoms with Gasteiger partial charge in [-0.25, -0.2) is 4.79 Å². The highest BCUT2D eigenvalue weighted by Crippen LogP contribution is 2.35. The highest BCUT2D eigenvalue weighted by Gasteiger charge is 2.21. The van der Waals surface area contributed by atoms with E-state index in [4.69, 9.17) is 16.0 Å². The molecule has 1 N–H and O–H groups in total. The third-order valence-corrected chi connectivity index (χ3v) is 3.43. The summed E-state index contributed by atoms with van der Waals surface area (Å²) in [7, 11) is 0. The van der Waals surface area contributed by atoms with E-state index in [0.29, 0.717) is 5.58 Å². The molecule has 2 aromatic rings. The fraction of sp³-hybridized carbons (Fsp3) is 0.250. The van der Waals surface area contributed by atoms with E-state index in [2.05, 4.69) is 0 Å². The first-order valence-corrected chi connectivity index (χ1v) is 5.52. The average molecular weight is 237 g/mol. The van der Waals surface area contributed by atoms with E-state index in [1.165, 1.54) is 6.07 Å². The molecular weight excluding hydrogens is 228 g/mol. The van der Waals surface area contributed by atoms with Gasteiger partial charge in [0.2, 0.25) is 0 Å². The molecule has 1 aromatic heterocycles. The van der Waals surface area contributed by atoms with Gasteiger partial charge in [-0.05, 0) is 37.0 Å². The summed E-state index contributed by atoms with van der Waals surface area (Å²) < 4.78 is 5.17. The van der Waals surface area contributed by atoms with Crippen LogP contribution in [0.1, 0.15) is 17.5 Å². The molecule has 0 atom stereocenters. The van der Waals surface area contributed by atoms with Gasteiger partial charge in [0, 0.05) is 10.9 Å². The van der Waals surface area contributed by atoms with E-state index in [9.17, 15) is 9.90 Å². The van der Waals surface area contributed by atoms with Gasteiger partial charge in [0.25, 0.3) is 0 Å². The molecule has 0 radical (unpaired) electrons. The molecular formula is C12H9ClO3. The molecule has 1 heterocycles. The summed E-state index contributed by atoms with van der Waals surface area (Å²) >= 11 is 5.92. The predicted molar refractivity (Wildman–Crippen MR) is 61.2 cm³/mol. The number of aromatic hydroxyl groups is 1. The van der Waals surface area contributed by atoms with Crippen molar-refractivity contribution in [3.63, 3.8) is 0 Å². The first-order valence-electron chi connectivity index (χ1n) is 5.14. The normalized spacial score (nSPS) is 14.3. The second kappa shape index (κ2) is 3.25. The van der Waals surface area contributed by atoms with Crippen molar-refractivity contribution in [2.24, 2.45) is 0 Å². The Hall–Kier alpha value is -1.48. The van der Waals surface area contributed by atoms with Gasteiger partial charge in [-0.3, -0.25) is 0 Å². The minimum absolute atomic E-state index is 0.0599. The van der Waals surface area contributed by atoms with Crippen LogP contribution in [0.2, 0.25) is 5.02 Å².